The van der Waals surface area contributed by atoms with Crippen LogP contribution in [-0.4, -0.2) is 0 Å². The fourth-order valence-electron chi connectivity index (χ4n) is 1.64. The zero-order valence-electron chi connectivity index (χ0n) is 9.50. The van der Waals surface area contributed by atoms with Gasteiger partial charge in [-0.25, -0.2) is 4.39 Å². The molecule has 2 aromatic carbocycles. The summed E-state index contributed by atoms with van der Waals surface area (Å²) in [5.41, 5.74) is 0.0902. The third kappa shape index (κ3) is 2.74. The molecule has 0 heterocycles. The standard InChI is InChI=1S/C14H7F4N/c15-13-6-3-10(7-11(13)8-19)9-1-4-12(5-2-9)14(16,17)18/h1-7H. The zero-order valence-corrected chi connectivity index (χ0v) is 9.50. The van der Waals surface area contributed by atoms with E-state index in [4.69, 9.17) is 5.26 Å². The van der Waals surface area contributed by atoms with E-state index >= 15 is 0 Å². The van der Waals surface area contributed by atoms with Gasteiger partial charge in [-0.15, -0.1) is 0 Å². The molecule has 0 unspecified atom stereocenters. The normalized spacial score (nSPS) is 11.1. The third-order valence-corrected chi connectivity index (χ3v) is 2.63. The second-order valence-corrected chi connectivity index (χ2v) is 3.88. The molecule has 19 heavy (non-hydrogen) atoms. The quantitative estimate of drug-likeness (QED) is 0.702. The van der Waals surface area contributed by atoms with Crippen LogP contribution >= 0.6 is 0 Å². The largest absolute Gasteiger partial charge is 0.416 e. The van der Waals surface area contributed by atoms with E-state index in [-0.39, 0.29) is 5.56 Å². The van der Waals surface area contributed by atoms with Crippen LogP contribution in [0.4, 0.5) is 17.6 Å². The highest BCUT2D eigenvalue weighted by Crippen LogP contribution is 2.31. The average molecular weight is 265 g/mol. The van der Waals surface area contributed by atoms with Crippen molar-refractivity contribution in [3.05, 3.63) is 59.4 Å². The summed E-state index contributed by atoms with van der Waals surface area (Å²) in [6.45, 7) is 0. The Hall–Kier alpha value is -2.35. The first-order valence-corrected chi connectivity index (χ1v) is 5.29. The predicted octanol–water partition coefficient (Wildman–Crippen LogP) is 4.38. The Balaban J connectivity index is 2.41. The SMILES string of the molecule is N#Cc1cc(-c2ccc(C(F)(F)F)cc2)ccc1F. The van der Waals surface area contributed by atoms with Gasteiger partial charge in [0.2, 0.25) is 0 Å². The minimum atomic E-state index is -4.39. The summed E-state index contributed by atoms with van der Waals surface area (Å²) < 4.78 is 50.3. The van der Waals surface area contributed by atoms with Crippen molar-refractivity contribution in [2.75, 3.05) is 0 Å². The van der Waals surface area contributed by atoms with E-state index in [0.29, 0.717) is 11.1 Å². The molecule has 2 aromatic rings. The summed E-state index contributed by atoms with van der Waals surface area (Å²) in [5, 5.41) is 8.70. The number of hydrogen-bond donors (Lipinski definition) is 0. The number of nitrogens with zero attached hydrogens (tertiary/aromatic N) is 1. The smallest absolute Gasteiger partial charge is 0.206 e. The summed E-state index contributed by atoms with van der Waals surface area (Å²) >= 11 is 0. The first-order valence-electron chi connectivity index (χ1n) is 5.29. The lowest BCUT2D eigenvalue weighted by atomic mass is 10.0. The molecule has 0 aromatic heterocycles. The Morgan fingerprint density at radius 2 is 1.47 bits per heavy atom. The van der Waals surface area contributed by atoms with Gasteiger partial charge >= 0.3 is 6.18 Å². The minimum absolute atomic E-state index is 0.141. The summed E-state index contributed by atoms with van der Waals surface area (Å²) in [6, 6.07) is 10.00. The molecule has 0 bridgehead atoms. The van der Waals surface area contributed by atoms with E-state index in [1.807, 2.05) is 0 Å². The van der Waals surface area contributed by atoms with Crippen molar-refractivity contribution in [3.8, 4) is 17.2 Å². The first kappa shape index (κ1) is 13.1. The van der Waals surface area contributed by atoms with Crippen molar-refractivity contribution in [3.63, 3.8) is 0 Å². The zero-order chi connectivity index (χ0) is 14.0. The molecule has 0 saturated heterocycles. The van der Waals surface area contributed by atoms with Crippen molar-refractivity contribution < 1.29 is 17.6 Å². The van der Waals surface area contributed by atoms with Crippen LogP contribution in [0.15, 0.2) is 42.5 Å². The monoisotopic (exact) mass is 265 g/mol. The van der Waals surface area contributed by atoms with Crippen molar-refractivity contribution in [2.45, 2.75) is 6.18 Å². The molecule has 96 valence electrons. The molecule has 2 rings (SSSR count). The third-order valence-electron chi connectivity index (χ3n) is 2.63. The van der Waals surface area contributed by atoms with E-state index < -0.39 is 17.6 Å². The number of hydrogen-bond acceptors (Lipinski definition) is 1. The predicted molar refractivity (Wildman–Crippen MR) is 61.6 cm³/mol. The molecule has 0 aliphatic rings. The van der Waals surface area contributed by atoms with Crippen molar-refractivity contribution in [1.29, 1.82) is 5.26 Å². The van der Waals surface area contributed by atoms with Gasteiger partial charge in [0.25, 0.3) is 0 Å². The van der Waals surface area contributed by atoms with Gasteiger partial charge in [0.1, 0.15) is 11.9 Å². The highest BCUT2D eigenvalue weighted by Gasteiger charge is 2.29. The van der Waals surface area contributed by atoms with Crippen LogP contribution in [0.2, 0.25) is 0 Å². The lowest BCUT2D eigenvalue weighted by Crippen LogP contribution is -2.04. The fraction of sp³-hybridized carbons (Fsp3) is 0.0714. The average Bonchev–Trinajstić information content (AvgIpc) is 2.38. The van der Waals surface area contributed by atoms with Gasteiger partial charge in [0, 0.05) is 0 Å². The maximum absolute atomic E-state index is 13.1. The second-order valence-electron chi connectivity index (χ2n) is 3.88. The Labute approximate surface area is 106 Å². The fourth-order valence-corrected chi connectivity index (χ4v) is 1.64. The molecule has 5 heteroatoms. The van der Waals surface area contributed by atoms with Gasteiger partial charge in [-0.2, -0.15) is 18.4 Å². The lowest BCUT2D eigenvalue weighted by molar-refractivity contribution is -0.137. The number of alkyl halides is 3. The number of nitriles is 1. The topological polar surface area (TPSA) is 23.8 Å². The van der Waals surface area contributed by atoms with Crippen LogP contribution < -0.4 is 0 Å². The second kappa shape index (κ2) is 4.73. The summed E-state index contributed by atoms with van der Waals surface area (Å²) in [4.78, 5) is 0. The van der Waals surface area contributed by atoms with E-state index in [0.717, 1.165) is 18.2 Å². The Bertz CT molecular complexity index is 636. The van der Waals surface area contributed by atoms with Crippen LogP contribution in [0.1, 0.15) is 11.1 Å². The first-order chi connectivity index (χ1) is 8.91. The van der Waals surface area contributed by atoms with Crippen LogP contribution in [0.3, 0.4) is 0 Å². The number of benzene rings is 2. The maximum atomic E-state index is 13.1. The van der Waals surface area contributed by atoms with Gasteiger partial charge in [0.15, 0.2) is 0 Å². The Morgan fingerprint density at radius 3 is 2.00 bits per heavy atom. The van der Waals surface area contributed by atoms with Crippen molar-refractivity contribution in [1.82, 2.24) is 0 Å². The van der Waals surface area contributed by atoms with Gasteiger partial charge in [0.05, 0.1) is 11.1 Å². The van der Waals surface area contributed by atoms with Crippen LogP contribution in [0.5, 0.6) is 0 Å². The van der Waals surface area contributed by atoms with Crippen LogP contribution in [-0.2, 0) is 6.18 Å². The van der Waals surface area contributed by atoms with Gasteiger partial charge in [-0.05, 0) is 35.4 Å². The van der Waals surface area contributed by atoms with Crippen LogP contribution in [0, 0.1) is 17.1 Å². The number of rotatable bonds is 1. The molecule has 0 aliphatic heterocycles. The molecule has 0 amide bonds. The minimum Gasteiger partial charge on any atom is -0.206 e. The Morgan fingerprint density at radius 1 is 0.895 bits per heavy atom. The highest BCUT2D eigenvalue weighted by atomic mass is 19.4. The van der Waals surface area contributed by atoms with Crippen molar-refractivity contribution in [2.24, 2.45) is 0 Å². The molecule has 0 aliphatic carbocycles. The van der Waals surface area contributed by atoms with Gasteiger partial charge in [-0.3, -0.25) is 0 Å². The van der Waals surface area contributed by atoms with E-state index in [1.54, 1.807) is 6.07 Å². The Kier molecular flexibility index (Phi) is 3.26. The summed E-state index contributed by atoms with van der Waals surface area (Å²) in [7, 11) is 0. The molecule has 0 spiro atoms. The number of halogens is 4. The molecule has 0 N–H and O–H groups in total. The molecule has 1 nitrogen and oxygen atoms in total. The highest BCUT2D eigenvalue weighted by molar-refractivity contribution is 5.65. The molecule has 0 saturated carbocycles. The van der Waals surface area contributed by atoms with Crippen molar-refractivity contribution >= 4 is 0 Å². The lowest BCUT2D eigenvalue weighted by Gasteiger charge is -2.08. The van der Waals surface area contributed by atoms with E-state index in [9.17, 15) is 17.6 Å². The summed E-state index contributed by atoms with van der Waals surface area (Å²) in [6.07, 6.45) is -4.39. The summed E-state index contributed by atoms with van der Waals surface area (Å²) in [5.74, 6) is -0.654. The van der Waals surface area contributed by atoms with Crippen LogP contribution in [0.25, 0.3) is 11.1 Å². The molecule has 0 atom stereocenters. The molecular weight excluding hydrogens is 258 g/mol. The molecular formula is C14H7F4N. The molecule has 0 fully saturated rings. The molecule has 0 radical (unpaired) electrons. The van der Waals surface area contributed by atoms with E-state index in [1.165, 1.54) is 24.3 Å². The van der Waals surface area contributed by atoms with Gasteiger partial charge in [-0.1, -0.05) is 18.2 Å². The van der Waals surface area contributed by atoms with Gasteiger partial charge < -0.3 is 0 Å². The van der Waals surface area contributed by atoms with E-state index in [2.05, 4.69) is 0 Å². The maximum Gasteiger partial charge on any atom is 0.416 e.